The fraction of sp³-hybridized carbons (Fsp3) is 0.125. The van der Waals surface area contributed by atoms with Gasteiger partial charge in [-0.2, -0.15) is 0 Å². The van der Waals surface area contributed by atoms with Gasteiger partial charge in [-0.05, 0) is 30.7 Å². The molecule has 1 unspecified atom stereocenters. The van der Waals surface area contributed by atoms with Gasteiger partial charge in [-0.25, -0.2) is 4.39 Å². The highest BCUT2D eigenvalue weighted by Crippen LogP contribution is 2.31. The number of aryl methyl sites for hydroxylation is 1. The summed E-state index contributed by atoms with van der Waals surface area (Å²) in [5.74, 6) is 0.181. The van der Waals surface area contributed by atoms with Crippen molar-refractivity contribution in [2.75, 3.05) is 0 Å². The highest BCUT2D eigenvalue weighted by molar-refractivity contribution is 9.10. The van der Waals surface area contributed by atoms with Crippen molar-refractivity contribution in [1.82, 2.24) is 0 Å². The molecule has 0 radical (unpaired) electrons. The smallest absolute Gasteiger partial charge is 0.169 e. The van der Waals surface area contributed by atoms with E-state index in [4.69, 9.17) is 10.2 Å². The predicted octanol–water partition coefficient (Wildman–Crippen LogP) is 4.69. The van der Waals surface area contributed by atoms with E-state index in [0.29, 0.717) is 5.76 Å². The van der Waals surface area contributed by atoms with Gasteiger partial charge in [0.1, 0.15) is 5.76 Å². The molecule has 0 aliphatic rings. The largest absolute Gasteiger partial charge is 0.456 e. The summed E-state index contributed by atoms with van der Waals surface area (Å²) in [5, 5.41) is 0.722. The van der Waals surface area contributed by atoms with Crippen LogP contribution >= 0.6 is 15.9 Å². The minimum Gasteiger partial charge on any atom is -0.456 e. The zero-order chi connectivity index (χ0) is 14.3. The SMILES string of the molecule is Cc1ccc(Br)c(C(N)c2cc3cccc(F)c3o2)c1. The van der Waals surface area contributed by atoms with Crippen molar-refractivity contribution in [1.29, 1.82) is 0 Å². The van der Waals surface area contributed by atoms with Crippen LogP contribution in [0.3, 0.4) is 0 Å². The third-order valence-corrected chi connectivity index (χ3v) is 4.03. The van der Waals surface area contributed by atoms with E-state index in [9.17, 15) is 4.39 Å². The van der Waals surface area contributed by atoms with Crippen LogP contribution in [0, 0.1) is 12.7 Å². The summed E-state index contributed by atoms with van der Waals surface area (Å²) >= 11 is 3.49. The zero-order valence-corrected chi connectivity index (χ0v) is 12.4. The first-order valence-electron chi connectivity index (χ1n) is 6.26. The molecule has 4 heteroatoms. The van der Waals surface area contributed by atoms with Crippen LogP contribution in [0.4, 0.5) is 4.39 Å². The molecule has 0 aliphatic heterocycles. The molecule has 0 saturated carbocycles. The molecule has 0 saturated heterocycles. The van der Waals surface area contributed by atoms with Gasteiger partial charge in [-0.15, -0.1) is 0 Å². The highest BCUT2D eigenvalue weighted by atomic mass is 79.9. The van der Waals surface area contributed by atoms with Crippen LogP contribution in [0.5, 0.6) is 0 Å². The number of hydrogen-bond donors (Lipinski definition) is 1. The molecule has 0 amide bonds. The van der Waals surface area contributed by atoms with Crippen molar-refractivity contribution < 1.29 is 8.81 Å². The molecular weight excluding hydrogens is 321 g/mol. The number of hydrogen-bond acceptors (Lipinski definition) is 2. The highest BCUT2D eigenvalue weighted by Gasteiger charge is 2.18. The number of halogens is 2. The van der Waals surface area contributed by atoms with E-state index in [1.54, 1.807) is 12.1 Å². The van der Waals surface area contributed by atoms with E-state index in [-0.39, 0.29) is 11.4 Å². The van der Waals surface area contributed by atoms with Gasteiger partial charge in [0.05, 0.1) is 6.04 Å². The van der Waals surface area contributed by atoms with Crippen molar-refractivity contribution in [3.05, 3.63) is 69.6 Å². The summed E-state index contributed by atoms with van der Waals surface area (Å²) in [5.41, 5.74) is 8.54. The summed E-state index contributed by atoms with van der Waals surface area (Å²) in [4.78, 5) is 0. The quantitative estimate of drug-likeness (QED) is 0.738. The molecule has 2 aromatic carbocycles. The monoisotopic (exact) mass is 333 g/mol. The minimum atomic E-state index is -0.434. The van der Waals surface area contributed by atoms with E-state index in [1.807, 2.05) is 31.2 Å². The number of para-hydroxylation sites is 1. The van der Waals surface area contributed by atoms with Gasteiger partial charge >= 0.3 is 0 Å². The molecule has 102 valence electrons. The van der Waals surface area contributed by atoms with Crippen LogP contribution in [0.15, 0.2) is 51.4 Å². The molecule has 1 atom stereocenters. The number of fused-ring (bicyclic) bond motifs is 1. The Labute approximate surface area is 124 Å². The van der Waals surface area contributed by atoms with Gasteiger partial charge in [-0.3, -0.25) is 0 Å². The van der Waals surface area contributed by atoms with Crippen LogP contribution in [0.1, 0.15) is 22.9 Å². The molecule has 1 aromatic heterocycles. The first-order valence-corrected chi connectivity index (χ1v) is 7.05. The van der Waals surface area contributed by atoms with Crippen molar-refractivity contribution in [2.24, 2.45) is 5.73 Å². The fourth-order valence-electron chi connectivity index (χ4n) is 2.26. The molecular formula is C16H13BrFNO. The summed E-state index contributed by atoms with van der Waals surface area (Å²) in [6, 6.07) is 12.1. The average molecular weight is 334 g/mol. The first kappa shape index (κ1) is 13.3. The molecule has 1 heterocycles. The Morgan fingerprint density at radius 2 is 2.00 bits per heavy atom. The van der Waals surface area contributed by atoms with Crippen LogP contribution in [0.25, 0.3) is 11.0 Å². The molecule has 3 rings (SSSR count). The second-order valence-corrected chi connectivity index (χ2v) is 5.66. The van der Waals surface area contributed by atoms with Gasteiger partial charge in [-0.1, -0.05) is 45.8 Å². The van der Waals surface area contributed by atoms with E-state index >= 15 is 0 Å². The Balaban J connectivity index is 2.10. The van der Waals surface area contributed by atoms with E-state index < -0.39 is 6.04 Å². The summed E-state index contributed by atoms with van der Waals surface area (Å²) in [7, 11) is 0. The molecule has 0 fully saturated rings. The maximum atomic E-state index is 13.7. The molecule has 2 N–H and O–H groups in total. The number of benzene rings is 2. The molecule has 0 bridgehead atoms. The Kier molecular flexibility index (Phi) is 3.36. The van der Waals surface area contributed by atoms with Crippen molar-refractivity contribution in [3.8, 4) is 0 Å². The predicted molar refractivity (Wildman–Crippen MR) is 81.1 cm³/mol. The van der Waals surface area contributed by atoms with Crippen molar-refractivity contribution in [2.45, 2.75) is 13.0 Å². The van der Waals surface area contributed by atoms with Gasteiger partial charge in [0.2, 0.25) is 0 Å². The molecule has 2 nitrogen and oxygen atoms in total. The summed E-state index contributed by atoms with van der Waals surface area (Å²) in [6.45, 7) is 2.00. The average Bonchev–Trinajstić information content (AvgIpc) is 2.86. The molecule has 0 aliphatic carbocycles. The third kappa shape index (κ3) is 2.25. The standard InChI is InChI=1S/C16H13BrFNO/c1-9-5-6-12(17)11(7-9)15(19)14-8-10-3-2-4-13(18)16(10)20-14/h2-8,15H,19H2,1H3. The second-order valence-electron chi connectivity index (χ2n) is 4.81. The first-order chi connectivity index (χ1) is 9.56. The van der Waals surface area contributed by atoms with Crippen molar-refractivity contribution >= 4 is 26.9 Å². The number of rotatable bonds is 2. The summed E-state index contributed by atoms with van der Waals surface area (Å²) in [6.07, 6.45) is 0. The number of nitrogens with two attached hydrogens (primary N) is 1. The second kappa shape index (κ2) is 5.04. The van der Waals surface area contributed by atoms with Crippen LogP contribution in [-0.4, -0.2) is 0 Å². The van der Waals surface area contributed by atoms with Gasteiger partial charge in [0.25, 0.3) is 0 Å². The molecule has 0 spiro atoms. The minimum absolute atomic E-state index is 0.252. The fourth-order valence-corrected chi connectivity index (χ4v) is 2.75. The lowest BCUT2D eigenvalue weighted by atomic mass is 10.0. The van der Waals surface area contributed by atoms with E-state index in [2.05, 4.69) is 15.9 Å². The van der Waals surface area contributed by atoms with Crippen LogP contribution < -0.4 is 5.73 Å². The Hall–Kier alpha value is -1.65. The van der Waals surface area contributed by atoms with Gasteiger partial charge in [0.15, 0.2) is 11.4 Å². The van der Waals surface area contributed by atoms with Gasteiger partial charge in [0, 0.05) is 9.86 Å². The van der Waals surface area contributed by atoms with Gasteiger partial charge < -0.3 is 10.2 Å². The van der Waals surface area contributed by atoms with Crippen LogP contribution in [-0.2, 0) is 0 Å². The zero-order valence-electron chi connectivity index (χ0n) is 10.9. The third-order valence-electron chi connectivity index (χ3n) is 3.31. The summed E-state index contributed by atoms with van der Waals surface area (Å²) < 4.78 is 20.2. The van der Waals surface area contributed by atoms with Crippen LogP contribution in [0.2, 0.25) is 0 Å². The van der Waals surface area contributed by atoms with Crippen molar-refractivity contribution in [3.63, 3.8) is 0 Å². The topological polar surface area (TPSA) is 39.2 Å². The van der Waals surface area contributed by atoms with E-state index in [0.717, 1.165) is 21.0 Å². The number of furan rings is 1. The Morgan fingerprint density at radius 3 is 2.75 bits per heavy atom. The Morgan fingerprint density at radius 1 is 1.20 bits per heavy atom. The molecule has 3 aromatic rings. The lowest BCUT2D eigenvalue weighted by Gasteiger charge is -2.12. The van der Waals surface area contributed by atoms with E-state index in [1.165, 1.54) is 6.07 Å². The lowest BCUT2D eigenvalue weighted by Crippen LogP contribution is -2.11. The lowest BCUT2D eigenvalue weighted by molar-refractivity contribution is 0.501. The maximum Gasteiger partial charge on any atom is 0.169 e. The normalized spacial score (nSPS) is 12.8. The molecule has 20 heavy (non-hydrogen) atoms. The maximum absolute atomic E-state index is 13.7. The Bertz CT molecular complexity index is 781.